The molecule has 0 aliphatic carbocycles. The number of alkyl halides is 1. The number of methoxy groups -OCH3 is 1. The van der Waals surface area contributed by atoms with E-state index in [0.717, 1.165) is 24.5 Å². The molecule has 20 heavy (non-hydrogen) atoms. The fourth-order valence-electron chi connectivity index (χ4n) is 2.06. The quantitative estimate of drug-likeness (QED) is 0.865. The van der Waals surface area contributed by atoms with Crippen LogP contribution in [-0.2, 0) is 9.53 Å². The van der Waals surface area contributed by atoms with Crippen LogP contribution in [0.1, 0.15) is 6.92 Å². The van der Waals surface area contributed by atoms with Crippen LogP contribution in [0.15, 0.2) is 18.2 Å². The normalized spacial score (nSPS) is 16.6. The minimum absolute atomic E-state index is 0.229. The first-order valence-corrected chi connectivity index (χ1v) is 7.01. The molecule has 1 amide bonds. The highest BCUT2D eigenvalue weighted by Crippen LogP contribution is 2.31. The molecule has 1 N–H and O–H groups in total. The average Bonchev–Trinajstić information content (AvgIpc) is 2.47. The molecule has 1 fully saturated rings. The Balaban J connectivity index is 2.16. The van der Waals surface area contributed by atoms with Gasteiger partial charge in [-0.3, -0.25) is 4.79 Å². The number of nitrogens with one attached hydrogen (secondary N) is 1. The summed E-state index contributed by atoms with van der Waals surface area (Å²) >= 11 is 5.74. The van der Waals surface area contributed by atoms with Gasteiger partial charge in [-0.05, 0) is 19.1 Å². The van der Waals surface area contributed by atoms with E-state index < -0.39 is 5.38 Å². The summed E-state index contributed by atoms with van der Waals surface area (Å²) in [4.78, 5) is 13.8. The van der Waals surface area contributed by atoms with E-state index in [-0.39, 0.29) is 5.91 Å². The molecule has 1 heterocycles. The number of ether oxygens (including phenoxy) is 2. The fraction of sp³-hybridized carbons (Fsp3) is 0.500. The Labute approximate surface area is 123 Å². The number of benzene rings is 1. The first-order valence-electron chi connectivity index (χ1n) is 6.57. The van der Waals surface area contributed by atoms with Crippen molar-refractivity contribution >= 4 is 28.9 Å². The van der Waals surface area contributed by atoms with Gasteiger partial charge in [-0.2, -0.15) is 0 Å². The van der Waals surface area contributed by atoms with Gasteiger partial charge in [0.15, 0.2) is 0 Å². The molecule has 1 saturated heterocycles. The lowest BCUT2D eigenvalue weighted by Gasteiger charge is -2.30. The van der Waals surface area contributed by atoms with Gasteiger partial charge in [0.05, 0.1) is 26.0 Å². The van der Waals surface area contributed by atoms with E-state index in [9.17, 15) is 4.79 Å². The number of amides is 1. The second-order valence-corrected chi connectivity index (χ2v) is 5.25. The van der Waals surface area contributed by atoms with Gasteiger partial charge in [0.25, 0.3) is 0 Å². The van der Waals surface area contributed by atoms with Gasteiger partial charge in [0, 0.05) is 24.8 Å². The van der Waals surface area contributed by atoms with Gasteiger partial charge < -0.3 is 19.7 Å². The SMILES string of the molecule is COc1cc(NC(=O)[C@@H](C)Cl)ccc1N1CCOCC1. The third-order valence-electron chi connectivity index (χ3n) is 3.16. The minimum atomic E-state index is -0.570. The zero-order chi connectivity index (χ0) is 14.5. The fourth-order valence-corrected chi connectivity index (χ4v) is 2.12. The predicted molar refractivity (Wildman–Crippen MR) is 80.0 cm³/mol. The highest BCUT2D eigenvalue weighted by molar-refractivity contribution is 6.32. The van der Waals surface area contributed by atoms with Crippen LogP contribution in [0, 0.1) is 0 Å². The number of carbonyl (C=O) groups is 1. The number of rotatable bonds is 4. The summed E-state index contributed by atoms with van der Waals surface area (Å²) in [5, 5.41) is 2.18. The zero-order valence-corrected chi connectivity index (χ0v) is 12.4. The number of carbonyl (C=O) groups excluding carboxylic acids is 1. The summed E-state index contributed by atoms with van der Waals surface area (Å²) in [7, 11) is 1.62. The summed E-state index contributed by atoms with van der Waals surface area (Å²) in [6.07, 6.45) is 0. The predicted octanol–water partition coefficient (Wildman–Crippen LogP) is 2.10. The van der Waals surface area contributed by atoms with E-state index in [2.05, 4.69) is 10.2 Å². The Hall–Kier alpha value is -1.46. The van der Waals surface area contributed by atoms with Crippen LogP contribution in [-0.4, -0.2) is 44.7 Å². The lowest BCUT2D eigenvalue weighted by Crippen LogP contribution is -2.36. The highest BCUT2D eigenvalue weighted by Gasteiger charge is 2.16. The van der Waals surface area contributed by atoms with Gasteiger partial charge in [0.2, 0.25) is 5.91 Å². The number of hydrogen-bond donors (Lipinski definition) is 1. The molecule has 0 saturated carbocycles. The van der Waals surface area contributed by atoms with Crippen molar-refractivity contribution in [3.05, 3.63) is 18.2 Å². The summed E-state index contributed by atoms with van der Waals surface area (Å²) in [5.41, 5.74) is 1.68. The van der Waals surface area contributed by atoms with Crippen LogP contribution in [0.4, 0.5) is 11.4 Å². The molecule has 0 spiro atoms. The van der Waals surface area contributed by atoms with E-state index in [1.165, 1.54) is 0 Å². The van der Waals surface area contributed by atoms with E-state index in [1.807, 2.05) is 18.2 Å². The van der Waals surface area contributed by atoms with Gasteiger partial charge >= 0.3 is 0 Å². The van der Waals surface area contributed by atoms with Crippen LogP contribution >= 0.6 is 11.6 Å². The molecular formula is C14H19ClN2O3. The molecular weight excluding hydrogens is 280 g/mol. The Morgan fingerprint density at radius 3 is 2.75 bits per heavy atom. The zero-order valence-electron chi connectivity index (χ0n) is 11.7. The monoisotopic (exact) mass is 298 g/mol. The molecule has 1 aliphatic rings. The van der Waals surface area contributed by atoms with Crippen LogP contribution in [0.3, 0.4) is 0 Å². The molecule has 0 radical (unpaired) electrons. The first kappa shape index (κ1) is 14.9. The third kappa shape index (κ3) is 3.55. The maximum Gasteiger partial charge on any atom is 0.242 e. The molecule has 0 unspecified atom stereocenters. The molecule has 1 aliphatic heterocycles. The second-order valence-electron chi connectivity index (χ2n) is 4.59. The summed E-state index contributed by atoms with van der Waals surface area (Å²) < 4.78 is 10.8. The van der Waals surface area contributed by atoms with E-state index in [4.69, 9.17) is 21.1 Å². The summed E-state index contributed by atoms with van der Waals surface area (Å²) in [6.45, 7) is 4.73. The van der Waals surface area contributed by atoms with Crippen LogP contribution < -0.4 is 15.0 Å². The molecule has 1 aromatic carbocycles. The Kier molecular flexibility index (Phi) is 5.09. The van der Waals surface area contributed by atoms with Crippen molar-refractivity contribution in [2.45, 2.75) is 12.3 Å². The van der Waals surface area contributed by atoms with E-state index in [0.29, 0.717) is 18.9 Å². The number of morpholine rings is 1. The highest BCUT2D eigenvalue weighted by atomic mass is 35.5. The van der Waals surface area contributed by atoms with Crippen molar-refractivity contribution in [3.63, 3.8) is 0 Å². The molecule has 5 nitrogen and oxygen atoms in total. The maximum absolute atomic E-state index is 11.6. The number of anilines is 2. The second kappa shape index (κ2) is 6.81. The standard InChI is InChI=1S/C14H19ClN2O3/c1-10(15)14(18)16-11-3-4-12(13(9-11)19-2)17-5-7-20-8-6-17/h3-4,9-10H,5-8H2,1-2H3,(H,16,18)/t10-/m1/s1. The van der Waals surface area contributed by atoms with Gasteiger partial charge in [0.1, 0.15) is 11.1 Å². The van der Waals surface area contributed by atoms with E-state index in [1.54, 1.807) is 14.0 Å². The molecule has 1 aromatic rings. The van der Waals surface area contributed by atoms with E-state index >= 15 is 0 Å². The van der Waals surface area contributed by atoms with Gasteiger partial charge in [-0.15, -0.1) is 11.6 Å². The number of hydrogen-bond acceptors (Lipinski definition) is 4. The van der Waals surface area contributed by atoms with Crippen LogP contribution in [0.2, 0.25) is 0 Å². The van der Waals surface area contributed by atoms with Crippen molar-refractivity contribution in [1.29, 1.82) is 0 Å². The molecule has 6 heteroatoms. The Morgan fingerprint density at radius 2 is 2.15 bits per heavy atom. The largest absolute Gasteiger partial charge is 0.495 e. The van der Waals surface area contributed by atoms with Crippen molar-refractivity contribution in [1.82, 2.24) is 0 Å². The van der Waals surface area contributed by atoms with Gasteiger partial charge in [-0.25, -0.2) is 0 Å². The molecule has 110 valence electrons. The van der Waals surface area contributed by atoms with Crippen LogP contribution in [0.5, 0.6) is 5.75 Å². The van der Waals surface area contributed by atoms with Crippen molar-refractivity contribution in [3.8, 4) is 5.75 Å². The smallest absolute Gasteiger partial charge is 0.242 e. The van der Waals surface area contributed by atoms with Gasteiger partial charge in [-0.1, -0.05) is 0 Å². The van der Waals surface area contributed by atoms with Crippen molar-refractivity contribution < 1.29 is 14.3 Å². The molecule has 2 rings (SSSR count). The van der Waals surface area contributed by atoms with Crippen molar-refractivity contribution in [2.75, 3.05) is 43.6 Å². The Bertz CT molecular complexity index is 473. The molecule has 0 aromatic heterocycles. The minimum Gasteiger partial charge on any atom is -0.495 e. The van der Waals surface area contributed by atoms with Crippen LogP contribution in [0.25, 0.3) is 0 Å². The first-order chi connectivity index (χ1) is 9.61. The van der Waals surface area contributed by atoms with Crippen molar-refractivity contribution in [2.24, 2.45) is 0 Å². The molecule has 1 atom stereocenters. The summed E-state index contributed by atoms with van der Waals surface area (Å²) in [5.74, 6) is 0.500. The Morgan fingerprint density at radius 1 is 1.45 bits per heavy atom. The lowest BCUT2D eigenvalue weighted by molar-refractivity contribution is -0.115. The number of halogens is 1. The molecule has 0 bridgehead atoms. The lowest BCUT2D eigenvalue weighted by atomic mass is 10.2. The number of nitrogens with zero attached hydrogens (tertiary/aromatic N) is 1. The topological polar surface area (TPSA) is 50.8 Å². The maximum atomic E-state index is 11.6. The summed E-state index contributed by atoms with van der Waals surface area (Å²) in [6, 6.07) is 5.60. The average molecular weight is 299 g/mol. The third-order valence-corrected chi connectivity index (χ3v) is 3.36.